The molecule has 4 fully saturated rings. The third-order valence-electron chi connectivity index (χ3n) is 9.15. The summed E-state index contributed by atoms with van der Waals surface area (Å²) in [7, 11) is 0. The predicted octanol–water partition coefficient (Wildman–Crippen LogP) is 3.66. The quantitative estimate of drug-likeness (QED) is 0.684. The van der Waals surface area contributed by atoms with Gasteiger partial charge in [-0.15, -0.1) is 0 Å². The molecule has 4 heteroatoms. The second kappa shape index (κ2) is 6.04. The molecule has 152 valence electrons. The van der Waals surface area contributed by atoms with Gasteiger partial charge in [0.2, 0.25) is 0 Å². The Morgan fingerprint density at radius 3 is 2.59 bits per heavy atom. The van der Waals surface area contributed by atoms with Crippen LogP contribution < -0.4 is 0 Å². The lowest BCUT2D eigenvalue weighted by atomic mass is 9.46. The van der Waals surface area contributed by atoms with Crippen LogP contribution in [0, 0.1) is 34.5 Å². The Morgan fingerprint density at radius 1 is 1.11 bits per heavy atom. The molecule has 8 atom stereocenters. The lowest BCUT2D eigenvalue weighted by Crippen LogP contribution is -2.58. The maximum Gasteiger partial charge on any atom is 0.169 e. The van der Waals surface area contributed by atoms with Crippen LogP contribution >= 0.6 is 0 Å². The summed E-state index contributed by atoms with van der Waals surface area (Å²) in [4.78, 5) is 0. The van der Waals surface area contributed by atoms with Crippen LogP contribution in [-0.2, 0) is 9.47 Å². The van der Waals surface area contributed by atoms with Gasteiger partial charge in [0.15, 0.2) is 5.79 Å². The fourth-order valence-electron chi connectivity index (χ4n) is 7.95. The van der Waals surface area contributed by atoms with E-state index >= 15 is 0 Å². The molecule has 0 aromatic rings. The molecule has 0 aromatic carbocycles. The molecule has 2 N–H and O–H groups in total. The number of ether oxygens (including phenoxy) is 2. The van der Waals surface area contributed by atoms with Gasteiger partial charge in [0.1, 0.15) is 0 Å². The summed E-state index contributed by atoms with van der Waals surface area (Å²) in [5, 5.41) is 21.9. The number of rotatable bonds is 1. The van der Waals surface area contributed by atoms with E-state index in [4.69, 9.17) is 12.2 Å². The first kappa shape index (κ1) is 16.4. The van der Waals surface area contributed by atoms with E-state index in [0.717, 1.165) is 24.8 Å². The van der Waals surface area contributed by atoms with Crippen molar-refractivity contribution in [2.45, 2.75) is 83.7 Å². The van der Waals surface area contributed by atoms with Gasteiger partial charge in [-0.1, -0.05) is 25.5 Å². The number of aliphatic hydroxyl groups is 2. The van der Waals surface area contributed by atoms with E-state index < -0.39 is 17.9 Å². The minimum absolute atomic E-state index is 0.152. The lowest BCUT2D eigenvalue weighted by molar-refractivity contribution is -0.223. The van der Waals surface area contributed by atoms with Gasteiger partial charge in [-0.3, -0.25) is 0 Å². The average Bonchev–Trinajstić information content (AvgIpc) is 3.18. The smallest absolute Gasteiger partial charge is 0.169 e. The Balaban J connectivity index is 1.53. The summed E-state index contributed by atoms with van der Waals surface area (Å²) < 4.78 is 29.4. The van der Waals surface area contributed by atoms with Crippen LogP contribution in [0.15, 0.2) is 11.6 Å². The van der Waals surface area contributed by atoms with Crippen LogP contribution in [0.5, 0.6) is 0 Å². The summed E-state index contributed by atoms with van der Waals surface area (Å²) in [6.07, 6.45) is 4.07. The van der Waals surface area contributed by atoms with E-state index in [9.17, 15) is 10.2 Å². The molecular weight excluding hydrogens is 340 g/mol. The highest BCUT2D eigenvalue weighted by Crippen LogP contribution is 2.68. The van der Waals surface area contributed by atoms with Crippen LogP contribution in [0.1, 0.15) is 68.5 Å². The van der Waals surface area contributed by atoms with Gasteiger partial charge in [0.05, 0.1) is 28.1 Å². The number of hydrogen-bond acceptors (Lipinski definition) is 4. The first-order valence-electron chi connectivity index (χ1n) is 11.8. The van der Waals surface area contributed by atoms with Gasteiger partial charge in [-0.25, -0.2) is 0 Å². The Kier molecular flexibility index (Phi) is 3.67. The zero-order valence-electron chi connectivity index (χ0n) is 19.0. The zero-order valence-corrected chi connectivity index (χ0v) is 17.0. The molecule has 0 bridgehead atoms. The van der Waals surface area contributed by atoms with Gasteiger partial charge < -0.3 is 19.7 Å². The van der Waals surface area contributed by atoms with E-state index in [0.29, 0.717) is 44.8 Å². The second-order valence-corrected chi connectivity index (χ2v) is 10.4. The van der Waals surface area contributed by atoms with Crippen molar-refractivity contribution in [1.29, 1.82) is 0 Å². The van der Waals surface area contributed by atoms with Crippen LogP contribution in [0.2, 0.25) is 0 Å². The fraction of sp³-hybridized carbons (Fsp3) is 0.913. The van der Waals surface area contributed by atoms with E-state index in [1.165, 1.54) is 0 Å². The summed E-state index contributed by atoms with van der Waals surface area (Å²) >= 11 is 0. The van der Waals surface area contributed by atoms with E-state index in [2.05, 4.69) is 19.9 Å². The van der Waals surface area contributed by atoms with Gasteiger partial charge in [0, 0.05) is 5.92 Å². The van der Waals surface area contributed by atoms with E-state index in [1.54, 1.807) is 0 Å². The van der Waals surface area contributed by atoms with Crippen molar-refractivity contribution in [2.75, 3.05) is 13.2 Å². The third-order valence-corrected chi connectivity index (χ3v) is 9.15. The maximum atomic E-state index is 11.6. The summed E-state index contributed by atoms with van der Waals surface area (Å²) in [6, 6.07) is 0. The summed E-state index contributed by atoms with van der Waals surface area (Å²) in [6.45, 7) is 7.70. The average molecular weight is 379 g/mol. The molecule has 3 unspecified atom stereocenters. The first-order chi connectivity index (χ1) is 13.4. The molecule has 3 saturated carbocycles. The summed E-state index contributed by atoms with van der Waals surface area (Å²) in [5.41, 5.74) is 0.584. The van der Waals surface area contributed by atoms with Crippen LogP contribution in [0.3, 0.4) is 0 Å². The van der Waals surface area contributed by atoms with Gasteiger partial charge >= 0.3 is 0 Å². The second-order valence-electron chi connectivity index (χ2n) is 10.4. The molecule has 4 nitrogen and oxygen atoms in total. The van der Waals surface area contributed by atoms with Crippen molar-refractivity contribution in [2.24, 2.45) is 34.5 Å². The van der Waals surface area contributed by atoms with Crippen molar-refractivity contribution in [3.05, 3.63) is 11.6 Å². The van der Waals surface area contributed by atoms with Crippen LogP contribution in [0.4, 0.5) is 0 Å². The molecule has 4 aliphatic carbocycles. The standard InChI is InChI=1S/C23H36O4/c1-21-9-8-15(24)12-14(21)4-5-16-17-6-7-19(23(3)26-10-11-27-23)22(17,2)13-18(25)20(16)21/h4,15-20,24-25H,5-13H2,1-3H3/t15-,16?,17?,18-,19-,20?,21-,22-/m0/s1/i15D,18D. The normalized spacial score (nSPS) is 60.6. The summed E-state index contributed by atoms with van der Waals surface area (Å²) in [5.74, 6) is 0.0962. The molecule has 27 heavy (non-hydrogen) atoms. The fourth-order valence-corrected chi connectivity index (χ4v) is 7.95. The number of hydrogen-bond donors (Lipinski definition) is 2. The Morgan fingerprint density at radius 2 is 1.85 bits per heavy atom. The Bertz CT molecular complexity index is 728. The van der Waals surface area contributed by atoms with Gasteiger partial charge in [-0.05, 0) is 80.5 Å². The van der Waals surface area contributed by atoms with Crippen molar-refractivity contribution in [3.8, 4) is 0 Å². The number of fused-ring (bicyclic) bond motifs is 5. The molecule has 0 aromatic heterocycles. The third kappa shape index (κ3) is 2.49. The van der Waals surface area contributed by atoms with Gasteiger partial charge in [0.25, 0.3) is 0 Å². The molecule has 5 rings (SSSR count). The SMILES string of the molecule is [2H][C@]1(O)CC[C@@]2(C)C(=CCC3C2[C@@]([2H])(O)C[C@@]2(C)C3CC[C@@H]2C2(C)OCCO2)C1. The topological polar surface area (TPSA) is 58.9 Å². The minimum Gasteiger partial charge on any atom is -0.393 e. The maximum absolute atomic E-state index is 11.6. The van der Waals surface area contributed by atoms with E-state index in [-0.39, 0.29) is 28.6 Å². The Labute approximate surface area is 166 Å². The molecule has 5 aliphatic rings. The van der Waals surface area contributed by atoms with Crippen molar-refractivity contribution in [3.63, 3.8) is 0 Å². The van der Waals surface area contributed by atoms with Gasteiger partial charge in [-0.2, -0.15) is 0 Å². The highest BCUT2D eigenvalue weighted by molar-refractivity contribution is 5.26. The molecule has 0 radical (unpaired) electrons. The highest BCUT2D eigenvalue weighted by Gasteiger charge is 2.65. The van der Waals surface area contributed by atoms with Crippen LogP contribution in [0.25, 0.3) is 0 Å². The Hall–Kier alpha value is -0.420. The lowest BCUT2D eigenvalue weighted by Gasteiger charge is -2.60. The number of allylic oxidation sites excluding steroid dienone is 1. The first-order valence-corrected chi connectivity index (χ1v) is 10.8. The molecule has 1 heterocycles. The minimum atomic E-state index is -1.53. The zero-order chi connectivity index (χ0) is 20.9. The highest BCUT2D eigenvalue weighted by atomic mass is 16.7. The molecule has 0 spiro atoms. The molecular formula is C23H36O4. The largest absolute Gasteiger partial charge is 0.393 e. The van der Waals surface area contributed by atoms with Crippen molar-refractivity contribution >= 4 is 0 Å². The monoisotopic (exact) mass is 378 g/mol. The van der Waals surface area contributed by atoms with E-state index in [1.807, 2.05) is 6.92 Å². The van der Waals surface area contributed by atoms with Crippen molar-refractivity contribution < 1.29 is 22.4 Å². The van der Waals surface area contributed by atoms with Crippen molar-refractivity contribution in [1.82, 2.24) is 0 Å². The predicted molar refractivity (Wildman–Crippen MR) is 103 cm³/mol. The van der Waals surface area contributed by atoms with Crippen LogP contribution in [-0.4, -0.2) is 41.4 Å². The molecule has 1 aliphatic heterocycles. The molecule has 0 amide bonds. The molecule has 1 saturated heterocycles.